The molecule has 0 aromatic heterocycles. The lowest BCUT2D eigenvalue weighted by Crippen LogP contribution is -2.32. The molecule has 1 aromatic rings. The molecule has 0 aliphatic carbocycles. The van der Waals surface area contributed by atoms with Crippen LogP contribution in [0.5, 0.6) is 0 Å². The van der Waals surface area contributed by atoms with Crippen molar-refractivity contribution in [3.05, 3.63) is 35.9 Å². The van der Waals surface area contributed by atoms with Crippen LogP contribution in [-0.2, 0) is 23.8 Å². The maximum absolute atomic E-state index is 12.1. The minimum absolute atomic E-state index is 0.166. The van der Waals surface area contributed by atoms with Crippen LogP contribution in [0.25, 0.3) is 0 Å². The van der Waals surface area contributed by atoms with Crippen molar-refractivity contribution >= 4 is 17.9 Å². The van der Waals surface area contributed by atoms with Gasteiger partial charge < -0.3 is 14.2 Å². The summed E-state index contributed by atoms with van der Waals surface area (Å²) in [6.07, 6.45) is -0.858. The monoisotopic (exact) mass is 336 g/mol. The van der Waals surface area contributed by atoms with Gasteiger partial charge in [0.1, 0.15) is 13.2 Å². The predicted molar refractivity (Wildman–Crippen MR) is 87.2 cm³/mol. The molecule has 0 spiro atoms. The van der Waals surface area contributed by atoms with Crippen molar-refractivity contribution in [2.24, 2.45) is 11.8 Å². The topological polar surface area (TPSA) is 78.9 Å². The van der Waals surface area contributed by atoms with E-state index in [9.17, 15) is 14.4 Å². The van der Waals surface area contributed by atoms with Gasteiger partial charge in [0.25, 0.3) is 0 Å². The molecule has 24 heavy (non-hydrogen) atoms. The first-order valence-corrected chi connectivity index (χ1v) is 7.90. The van der Waals surface area contributed by atoms with E-state index in [1.165, 1.54) is 0 Å². The number of rotatable bonds is 8. The molecule has 1 rings (SSSR count). The highest BCUT2D eigenvalue weighted by atomic mass is 16.6. The highest BCUT2D eigenvalue weighted by Crippen LogP contribution is 2.07. The largest absolute Gasteiger partial charge is 0.461 e. The third-order valence-corrected chi connectivity index (χ3v) is 3.05. The zero-order valence-corrected chi connectivity index (χ0v) is 14.5. The Morgan fingerprint density at radius 1 is 0.833 bits per heavy atom. The van der Waals surface area contributed by atoms with Crippen molar-refractivity contribution in [3.63, 3.8) is 0 Å². The zero-order valence-electron chi connectivity index (χ0n) is 14.5. The fourth-order valence-corrected chi connectivity index (χ4v) is 1.59. The molecule has 0 atom stereocenters. The molecule has 0 N–H and O–H groups in total. The van der Waals surface area contributed by atoms with Gasteiger partial charge in [0.05, 0.1) is 17.4 Å². The molecule has 0 aliphatic heterocycles. The molecule has 0 amide bonds. The van der Waals surface area contributed by atoms with Gasteiger partial charge in [0.15, 0.2) is 6.10 Å². The quantitative estimate of drug-likeness (QED) is 0.536. The molecule has 0 heterocycles. The Balaban J connectivity index is 2.67. The van der Waals surface area contributed by atoms with Crippen LogP contribution in [0.2, 0.25) is 0 Å². The van der Waals surface area contributed by atoms with E-state index in [1.807, 2.05) is 0 Å². The van der Waals surface area contributed by atoms with Crippen molar-refractivity contribution < 1.29 is 28.6 Å². The van der Waals surface area contributed by atoms with Gasteiger partial charge in [-0.15, -0.1) is 0 Å². The molecule has 0 unspecified atom stereocenters. The molecule has 132 valence electrons. The summed E-state index contributed by atoms with van der Waals surface area (Å²) in [5.74, 6) is -1.99. The van der Waals surface area contributed by atoms with E-state index in [0.29, 0.717) is 5.56 Å². The van der Waals surface area contributed by atoms with E-state index in [-0.39, 0.29) is 25.0 Å². The highest BCUT2D eigenvalue weighted by Gasteiger charge is 2.21. The maximum atomic E-state index is 12.1. The van der Waals surface area contributed by atoms with E-state index in [1.54, 1.807) is 58.0 Å². The third-order valence-electron chi connectivity index (χ3n) is 3.05. The first-order valence-electron chi connectivity index (χ1n) is 7.90. The Bertz CT molecular complexity index is 526. The number of esters is 3. The van der Waals surface area contributed by atoms with E-state index in [4.69, 9.17) is 14.2 Å². The molecule has 0 bridgehead atoms. The van der Waals surface area contributed by atoms with Gasteiger partial charge in [0.2, 0.25) is 0 Å². The third kappa shape index (κ3) is 6.81. The first-order chi connectivity index (χ1) is 11.3. The number of benzene rings is 1. The number of ether oxygens (including phenoxy) is 3. The SMILES string of the molecule is CC(C)C(=O)OCC(COC(=O)C(C)C)OC(=O)c1ccccc1. The second-order valence-corrected chi connectivity index (χ2v) is 5.96. The van der Waals surface area contributed by atoms with Crippen LogP contribution in [0.3, 0.4) is 0 Å². The summed E-state index contributed by atoms with van der Waals surface area (Å²) in [5, 5.41) is 0. The van der Waals surface area contributed by atoms with Crippen LogP contribution >= 0.6 is 0 Å². The van der Waals surface area contributed by atoms with Crippen LogP contribution < -0.4 is 0 Å². The van der Waals surface area contributed by atoms with Gasteiger partial charge in [-0.2, -0.15) is 0 Å². The van der Waals surface area contributed by atoms with Crippen molar-refractivity contribution in [3.8, 4) is 0 Å². The summed E-state index contributed by atoms with van der Waals surface area (Å²) >= 11 is 0. The van der Waals surface area contributed by atoms with E-state index in [2.05, 4.69) is 0 Å². The lowest BCUT2D eigenvalue weighted by molar-refractivity contribution is -0.156. The minimum atomic E-state index is -0.858. The summed E-state index contributed by atoms with van der Waals surface area (Å²) in [4.78, 5) is 35.3. The van der Waals surface area contributed by atoms with Gasteiger partial charge >= 0.3 is 17.9 Å². The summed E-state index contributed by atoms with van der Waals surface area (Å²) in [6, 6.07) is 8.43. The molecule has 1 aromatic carbocycles. The fourth-order valence-electron chi connectivity index (χ4n) is 1.59. The smallest absolute Gasteiger partial charge is 0.338 e. The van der Waals surface area contributed by atoms with Gasteiger partial charge in [0, 0.05) is 0 Å². The Kier molecular flexibility index (Phi) is 7.95. The molecular weight excluding hydrogens is 312 g/mol. The van der Waals surface area contributed by atoms with E-state index in [0.717, 1.165) is 0 Å². The van der Waals surface area contributed by atoms with Crippen molar-refractivity contribution in [1.29, 1.82) is 0 Å². The number of carbonyl (C=O) groups excluding carboxylic acids is 3. The van der Waals surface area contributed by atoms with Crippen LogP contribution in [0.4, 0.5) is 0 Å². The van der Waals surface area contributed by atoms with Gasteiger partial charge in [-0.25, -0.2) is 4.79 Å². The van der Waals surface area contributed by atoms with E-state index >= 15 is 0 Å². The van der Waals surface area contributed by atoms with Crippen molar-refractivity contribution in [2.75, 3.05) is 13.2 Å². The highest BCUT2D eigenvalue weighted by molar-refractivity contribution is 5.89. The second-order valence-electron chi connectivity index (χ2n) is 5.96. The molecule has 6 heteroatoms. The standard InChI is InChI=1S/C18H24O6/c1-12(2)16(19)22-10-15(11-23-17(20)13(3)4)24-18(21)14-8-6-5-7-9-14/h5-9,12-13,15H,10-11H2,1-4H3. The first kappa shape index (κ1) is 19.7. The van der Waals surface area contributed by atoms with Gasteiger partial charge in [-0.3, -0.25) is 9.59 Å². The number of carbonyl (C=O) groups is 3. The Morgan fingerprint density at radius 3 is 1.71 bits per heavy atom. The Labute approximate surface area is 142 Å². The molecular formula is C18H24O6. The average molecular weight is 336 g/mol. The predicted octanol–water partition coefficient (Wildman–Crippen LogP) is 2.61. The molecule has 0 saturated carbocycles. The maximum Gasteiger partial charge on any atom is 0.338 e. The zero-order chi connectivity index (χ0) is 18.1. The summed E-state index contributed by atoms with van der Waals surface area (Å²) in [5.41, 5.74) is 0.368. The average Bonchev–Trinajstić information content (AvgIpc) is 2.56. The molecule has 6 nitrogen and oxygen atoms in total. The molecule has 0 saturated heterocycles. The van der Waals surface area contributed by atoms with Gasteiger partial charge in [-0.1, -0.05) is 45.9 Å². The van der Waals surface area contributed by atoms with Crippen LogP contribution in [0.15, 0.2) is 30.3 Å². The number of hydrogen-bond acceptors (Lipinski definition) is 6. The Hall–Kier alpha value is -2.37. The fraction of sp³-hybridized carbons (Fsp3) is 0.500. The summed E-state index contributed by atoms with van der Waals surface area (Å²) in [7, 11) is 0. The minimum Gasteiger partial charge on any atom is -0.461 e. The Morgan fingerprint density at radius 2 is 1.29 bits per heavy atom. The lowest BCUT2D eigenvalue weighted by atomic mass is 10.2. The van der Waals surface area contributed by atoms with Gasteiger partial charge in [-0.05, 0) is 12.1 Å². The van der Waals surface area contributed by atoms with E-state index < -0.39 is 24.0 Å². The van der Waals surface area contributed by atoms with Crippen molar-refractivity contribution in [1.82, 2.24) is 0 Å². The normalized spacial score (nSPS) is 10.8. The molecule has 0 aliphatic rings. The summed E-state index contributed by atoms with van der Waals surface area (Å²) in [6.45, 7) is 6.47. The second kappa shape index (κ2) is 9.70. The van der Waals surface area contributed by atoms with Crippen LogP contribution in [0.1, 0.15) is 38.1 Å². The molecule has 0 radical (unpaired) electrons. The van der Waals surface area contributed by atoms with Crippen LogP contribution in [-0.4, -0.2) is 37.2 Å². The molecule has 0 fully saturated rings. The van der Waals surface area contributed by atoms with Crippen molar-refractivity contribution in [2.45, 2.75) is 33.8 Å². The van der Waals surface area contributed by atoms with Crippen LogP contribution in [0, 0.1) is 11.8 Å². The number of hydrogen-bond donors (Lipinski definition) is 0. The lowest BCUT2D eigenvalue weighted by Gasteiger charge is -2.19. The summed E-state index contributed by atoms with van der Waals surface area (Å²) < 4.78 is 15.5.